The highest BCUT2D eigenvalue weighted by molar-refractivity contribution is 6.06. The average Bonchev–Trinajstić information content (AvgIpc) is 1.41. The van der Waals surface area contributed by atoms with E-state index in [4.69, 9.17) is 0 Å². The highest BCUT2D eigenvalue weighted by Gasteiger charge is 2.70. The molecule has 29 atom stereocenters. The fraction of sp³-hybridized carbons (Fsp3) is 0.849. The van der Waals surface area contributed by atoms with Gasteiger partial charge < -0.3 is 25.5 Å². The summed E-state index contributed by atoms with van der Waals surface area (Å²) >= 11 is 0. The molecule has 0 aromatic carbocycles. The van der Waals surface area contributed by atoms with Gasteiger partial charge in [-0.15, -0.1) is 0 Å². The van der Waals surface area contributed by atoms with Crippen molar-refractivity contribution in [2.75, 3.05) is 0 Å². The Balaban J connectivity index is 0.000000116. The van der Waals surface area contributed by atoms with E-state index in [1.54, 1.807) is 18.6 Å². The molecule has 0 aromatic heterocycles. The van der Waals surface area contributed by atoms with Crippen molar-refractivity contribution in [3.05, 3.63) is 47.1 Å². The van der Waals surface area contributed by atoms with Gasteiger partial charge in [0.25, 0.3) is 0 Å². The number of rotatable bonds is 4. The zero-order chi connectivity index (χ0) is 69.2. The zero-order valence-corrected chi connectivity index (χ0v) is 62.1. The molecule has 13 saturated carbocycles. The van der Waals surface area contributed by atoms with Crippen LogP contribution < -0.4 is 0 Å². The molecule has 10 heteroatoms. The lowest BCUT2D eigenvalue weighted by Crippen LogP contribution is -2.61. The van der Waals surface area contributed by atoms with Crippen LogP contribution in [0.25, 0.3) is 0 Å². The molecular weight excluding hydrogens is 1190 g/mol. The van der Waals surface area contributed by atoms with Crippen LogP contribution in [0, 0.1) is 138 Å². The highest BCUT2D eigenvalue weighted by Crippen LogP contribution is 2.74. The summed E-state index contributed by atoms with van der Waals surface area (Å²) < 4.78 is 0. The lowest BCUT2D eigenvalue weighted by Gasteiger charge is -2.62. The second-order valence-corrected chi connectivity index (χ2v) is 39.2. The summed E-state index contributed by atoms with van der Waals surface area (Å²) in [6.45, 7) is 33.1. The summed E-state index contributed by atoms with van der Waals surface area (Å²) in [5.41, 5.74) is 4.66. The molecule has 0 saturated heterocycles. The summed E-state index contributed by atoms with van der Waals surface area (Å²) in [6, 6.07) is 0. The van der Waals surface area contributed by atoms with Gasteiger partial charge in [-0.25, -0.2) is 0 Å². The van der Waals surface area contributed by atoms with Crippen molar-refractivity contribution in [2.45, 2.75) is 319 Å². The molecule has 0 amide bonds. The second kappa shape index (κ2) is 24.9. The van der Waals surface area contributed by atoms with Gasteiger partial charge in [0.15, 0.2) is 23.1 Å². The number of carbonyl (C=O) groups is 5. The average molecular weight is 1320 g/mol. The minimum Gasteiger partial charge on any atom is -0.393 e. The van der Waals surface area contributed by atoms with Crippen molar-refractivity contribution < 1.29 is 49.5 Å². The Hall–Kier alpha value is -2.89. The lowest BCUT2D eigenvalue weighted by molar-refractivity contribution is -0.179. The molecule has 10 nitrogen and oxygen atoms in total. The molecule has 0 bridgehead atoms. The van der Waals surface area contributed by atoms with Gasteiger partial charge in [-0.1, -0.05) is 91.7 Å². The monoisotopic (exact) mass is 1320 g/mol. The number of ketones is 5. The Bertz CT molecular complexity index is 3210. The van der Waals surface area contributed by atoms with Gasteiger partial charge in [0.05, 0.1) is 24.4 Å². The van der Waals surface area contributed by atoms with Crippen LogP contribution in [0.5, 0.6) is 0 Å². The predicted octanol–water partition coefficient (Wildman–Crippen LogP) is 17.0. The third-order valence-electron chi connectivity index (χ3n) is 35.4. The van der Waals surface area contributed by atoms with Crippen molar-refractivity contribution >= 4 is 28.9 Å². The van der Waals surface area contributed by atoms with E-state index in [1.807, 2.05) is 19.9 Å². The quantitative estimate of drug-likeness (QED) is 0.170. The van der Waals surface area contributed by atoms with Crippen LogP contribution in [-0.4, -0.2) is 84.5 Å². The normalized spacial score (nSPS) is 52.6. The lowest BCUT2D eigenvalue weighted by atomic mass is 9.41. The number of aliphatic hydroxyl groups is 5. The minimum atomic E-state index is -1.30. The number of allylic oxidation sites excluding steroid dienone is 4. The smallest absolute Gasteiger partial charge is 0.161 e. The first-order chi connectivity index (χ1) is 45.0. The summed E-state index contributed by atoms with van der Waals surface area (Å²) in [4.78, 5) is 61.4. The van der Waals surface area contributed by atoms with E-state index in [1.165, 1.54) is 102 Å². The van der Waals surface area contributed by atoms with Gasteiger partial charge >= 0.3 is 0 Å². The number of carbonyl (C=O) groups excluding carboxylic acids is 5. The topological polar surface area (TPSA) is 186 Å². The molecule has 0 radical (unpaired) electrons. The maximum Gasteiger partial charge on any atom is 0.161 e. The summed E-state index contributed by atoms with van der Waals surface area (Å²) in [6.07, 6.45) is 37.7. The highest BCUT2D eigenvalue weighted by atomic mass is 16.3. The van der Waals surface area contributed by atoms with Crippen LogP contribution in [-0.2, 0) is 24.0 Å². The van der Waals surface area contributed by atoms with E-state index >= 15 is 0 Å². The van der Waals surface area contributed by atoms with Gasteiger partial charge in [-0.05, 0) is 346 Å². The van der Waals surface area contributed by atoms with Gasteiger partial charge in [0.2, 0.25) is 0 Å². The Labute approximate surface area is 579 Å². The maximum absolute atomic E-state index is 13.1. The molecule has 5 N–H and O–H groups in total. The number of Topliss-reactive ketones (excluding diaryl/α,β-unsaturated/α-hetero) is 3. The molecule has 0 aromatic rings. The molecule has 0 unspecified atom stereocenters. The third-order valence-corrected chi connectivity index (χ3v) is 35.4. The van der Waals surface area contributed by atoms with Gasteiger partial charge in [-0.3, -0.25) is 24.0 Å². The van der Waals surface area contributed by atoms with E-state index < -0.39 is 17.1 Å². The first kappa shape index (κ1) is 71.5. The van der Waals surface area contributed by atoms with Crippen LogP contribution >= 0.6 is 0 Å². The van der Waals surface area contributed by atoms with Crippen molar-refractivity contribution in [3.8, 4) is 0 Å². The van der Waals surface area contributed by atoms with Crippen LogP contribution in [0.4, 0.5) is 0 Å². The summed E-state index contributed by atoms with van der Waals surface area (Å²) in [5, 5.41) is 52.8. The number of hydrogen-bond donors (Lipinski definition) is 5. The van der Waals surface area contributed by atoms with Gasteiger partial charge in [-0.2, -0.15) is 0 Å². The first-order valence-electron chi connectivity index (χ1n) is 39.8. The fourth-order valence-corrected chi connectivity index (χ4v) is 30.6. The Morgan fingerprint density at radius 2 is 1.15 bits per heavy atom. The molecule has 96 heavy (non-hydrogen) atoms. The fourth-order valence-electron chi connectivity index (χ4n) is 30.6. The number of aliphatic hydroxyl groups excluding tert-OH is 4. The molecule has 0 spiro atoms. The molecule has 16 aliphatic carbocycles. The molecular formula is C86H130O10. The van der Waals surface area contributed by atoms with Crippen molar-refractivity contribution in [2.24, 2.45) is 138 Å². The van der Waals surface area contributed by atoms with Gasteiger partial charge in [0.1, 0.15) is 11.4 Å². The van der Waals surface area contributed by atoms with E-state index in [0.717, 1.165) is 136 Å². The molecule has 16 aliphatic rings. The van der Waals surface area contributed by atoms with E-state index in [-0.39, 0.29) is 80.9 Å². The zero-order valence-electron chi connectivity index (χ0n) is 62.1. The summed E-state index contributed by atoms with van der Waals surface area (Å²) in [5.74, 6) is 9.69. The number of hydrogen-bond acceptors (Lipinski definition) is 10. The van der Waals surface area contributed by atoms with Crippen LogP contribution in [0.3, 0.4) is 0 Å². The van der Waals surface area contributed by atoms with Crippen molar-refractivity contribution in [1.29, 1.82) is 0 Å². The van der Waals surface area contributed by atoms with E-state index in [2.05, 4.69) is 75.0 Å². The minimum absolute atomic E-state index is 0.0374. The maximum atomic E-state index is 13.1. The Kier molecular flexibility index (Phi) is 18.6. The SMILES string of the molecule is C=C(C)[C@H]1CC[C@H]2[C@@H]3CC=C4C[C@@H](O)CC[C@]4(C)[C@H]3CC[C@]12C.CC(=O)[C@@]1(O)CC[C@H]2[C@@H]3CCC4=CC(=O)CC[C@]4(C)[C@H]3[C@@H](O)C[C@@]21C.CC(=O)[C@H]1CC[C@@H]2[C@]1(C)CC[C@H]1[C@@]2(C)CC(=O)C2=CC(=O)CC[C@@]21C.C[C@H](O)[C@H]1CC[C@H]2[C@@H]3CC[C@@H]4C[C@H](O)CC[C@]4(C)[C@H]3CC[C@]12C. The Morgan fingerprint density at radius 1 is 0.531 bits per heavy atom. The van der Waals surface area contributed by atoms with E-state index in [0.29, 0.717) is 83.2 Å². The van der Waals surface area contributed by atoms with Gasteiger partial charge in [0, 0.05) is 36.2 Å². The van der Waals surface area contributed by atoms with Crippen molar-refractivity contribution in [1.82, 2.24) is 0 Å². The predicted molar refractivity (Wildman–Crippen MR) is 379 cm³/mol. The van der Waals surface area contributed by atoms with Crippen LogP contribution in [0.1, 0.15) is 289 Å². The van der Waals surface area contributed by atoms with Crippen LogP contribution in [0.15, 0.2) is 47.1 Å². The molecule has 0 heterocycles. The van der Waals surface area contributed by atoms with Crippen molar-refractivity contribution in [3.63, 3.8) is 0 Å². The largest absolute Gasteiger partial charge is 0.393 e. The molecule has 534 valence electrons. The first-order valence-corrected chi connectivity index (χ1v) is 39.8. The standard InChI is InChI=1S/C22H30O3.C22H34O.C21H30O4.C21H36O2/c1-13(23)15-5-6-18-20(15,2)10-8-19-21(3)9-7-14(24)11-16(21)17(25)12-22(18,19)4;1-14(2)18-7-8-19-17-6-5-15-13-16(23)9-11-21(15,3)20(17)10-12-22(18,19)4;1-12(22)21(25)9-7-16-15-5-4-13-10-14(23)6-8-19(13,2)18(15)17(24)11-20(16,21)3;1-13(22)17-6-7-18-16-5-4-14-12-15(23)8-10-20(14,2)19(16)9-11-21(17,18)3/h11,15,18-19H,5-10,12H2,1-4H3;5,16-20,23H,1,6-13H2,2-4H3;10,15-18,24-25H,4-9,11H2,1-3H3;13-19,22-23H,4-12H2,1-3H3/t15-,18-,19-,20-,21+,22+;16-,17-,18+,19-,20-,21-,22+;15-,16-,17-,18+,19-,20-,21-;13-,14+,15+,16-,17+,18-,19-,20-,21+/m1000/s1. The van der Waals surface area contributed by atoms with Crippen LogP contribution in [0.2, 0.25) is 0 Å². The molecule has 16 rings (SSSR count). The molecule has 13 fully saturated rings. The summed E-state index contributed by atoms with van der Waals surface area (Å²) in [7, 11) is 0. The van der Waals surface area contributed by atoms with E-state index in [9.17, 15) is 49.5 Å². The molecule has 0 aliphatic heterocycles. The number of fused-ring (bicyclic) bond motifs is 20. The second-order valence-electron chi connectivity index (χ2n) is 39.2. The Morgan fingerprint density at radius 3 is 1.84 bits per heavy atom. The third kappa shape index (κ3) is 10.8.